The molecule has 1 N–H and O–H groups in total. The van der Waals surface area contributed by atoms with Crippen molar-refractivity contribution in [1.29, 1.82) is 0 Å². The Bertz CT molecular complexity index is 716. The first-order chi connectivity index (χ1) is 11.2. The third-order valence-corrected chi connectivity index (χ3v) is 5.04. The Morgan fingerprint density at radius 2 is 2.13 bits per heavy atom. The molecule has 6 nitrogen and oxygen atoms in total. The third kappa shape index (κ3) is 2.66. The summed E-state index contributed by atoms with van der Waals surface area (Å²) in [5.74, 6) is 2.37. The average molecular weight is 313 g/mol. The Kier molecular flexibility index (Phi) is 3.67. The van der Waals surface area contributed by atoms with Crippen LogP contribution in [0.4, 0.5) is 0 Å². The number of hydrogen-bond acceptors (Lipinski definition) is 3. The lowest BCUT2D eigenvalue weighted by Gasteiger charge is -2.33. The monoisotopic (exact) mass is 313 g/mol. The number of amides is 1. The second kappa shape index (κ2) is 5.83. The first-order valence-electron chi connectivity index (χ1n) is 8.57. The molecule has 23 heavy (non-hydrogen) atoms. The molecule has 122 valence electrons. The molecule has 1 saturated heterocycles. The largest absolute Gasteiger partial charge is 0.338 e. The number of aryl methyl sites for hydroxylation is 2. The second-order valence-corrected chi connectivity index (χ2v) is 6.69. The molecular formula is C17H23N5O. The maximum Gasteiger partial charge on any atom is 0.271 e. The smallest absolute Gasteiger partial charge is 0.271 e. The number of rotatable bonds is 2. The number of aromatic amines is 1. The van der Waals surface area contributed by atoms with Crippen LogP contribution >= 0.6 is 0 Å². The maximum absolute atomic E-state index is 12.6. The van der Waals surface area contributed by atoms with Gasteiger partial charge in [-0.3, -0.25) is 4.79 Å². The summed E-state index contributed by atoms with van der Waals surface area (Å²) >= 11 is 0. The van der Waals surface area contributed by atoms with Gasteiger partial charge in [0.15, 0.2) is 0 Å². The number of carbonyl (C=O) groups excluding carboxylic acids is 1. The topological polar surface area (TPSA) is 66.8 Å². The molecule has 0 spiro atoms. The second-order valence-electron chi connectivity index (χ2n) is 6.69. The Morgan fingerprint density at radius 1 is 1.22 bits per heavy atom. The maximum atomic E-state index is 12.6. The molecule has 4 heterocycles. The lowest BCUT2D eigenvalue weighted by molar-refractivity contribution is 0.0697. The van der Waals surface area contributed by atoms with Crippen LogP contribution in [-0.4, -0.2) is 43.4 Å². The number of hydrogen-bond donors (Lipinski definition) is 1. The van der Waals surface area contributed by atoms with Gasteiger partial charge in [0.25, 0.3) is 5.91 Å². The van der Waals surface area contributed by atoms with Gasteiger partial charge in [0.1, 0.15) is 17.3 Å². The SMILES string of the molecule is Cc1ncc(C(=O)N2CCCC(c3ncc4n3CCCC4)C2)[nH]1. The summed E-state index contributed by atoms with van der Waals surface area (Å²) < 4.78 is 2.39. The van der Waals surface area contributed by atoms with Crippen LogP contribution in [0.5, 0.6) is 0 Å². The Balaban J connectivity index is 1.53. The molecule has 0 aromatic carbocycles. The predicted octanol–water partition coefficient (Wildman–Crippen LogP) is 2.27. The van der Waals surface area contributed by atoms with E-state index < -0.39 is 0 Å². The quantitative estimate of drug-likeness (QED) is 0.925. The molecule has 0 radical (unpaired) electrons. The lowest BCUT2D eigenvalue weighted by Crippen LogP contribution is -2.40. The van der Waals surface area contributed by atoms with Crippen molar-refractivity contribution in [2.24, 2.45) is 0 Å². The number of fused-ring (bicyclic) bond motifs is 1. The molecule has 1 amide bonds. The van der Waals surface area contributed by atoms with E-state index in [1.807, 2.05) is 18.0 Å². The number of nitrogens with zero attached hydrogens (tertiary/aromatic N) is 4. The van der Waals surface area contributed by atoms with Crippen molar-refractivity contribution in [3.63, 3.8) is 0 Å². The van der Waals surface area contributed by atoms with Gasteiger partial charge in [0, 0.05) is 37.4 Å². The normalized spacial score (nSPS) is 21.3. The molecule has 2 aromatic rings. The van der Waals surface area contributed by atoms with E-state index in [0.717, 1.165) is 44.7 Å². The van der Waals surface area contributed by atoms with E-state index in [2.05, 4.69) is 14.5 Å². The average Bonchev–Trinajstić information content (AvgIpc) is 3.20. The highest BCUT2D eigenvalue weighted by Gasteiger charge is 2.29. The van der Waals surface area contributed by atoms with Crippen molar-refractivity contribution in [2.75, 3.05) is 13.1 Å². The van der Waals surface area contributed by atoms with E-state index in [-0.39, 0.29) is 5.91 Å². The van der Waals surface area contributed by atoms with Gasteiger partial charge >= 0.3 is 0 Å². The van der Waals surface area contributed by atoms with E-state index in [1.54, 1.807) is 6.20 Å². The van der Waals surface area contributed by atoms with Crippen molar-refractivity contribution >= 4 is 5.91 Å². The fourth-order valence-corrected chi connectivity index (χ4v) is 3.86. The zero-order chi connectivity index (χ0) is 15.8. The van der Waals surface area contributed by atoms with E-state index in [4.69, 9.17) is 4.98 Å². The first-order valence-corrected chi connectivity index (χ1v) is 8.57. The van der Waals surface area contributed by atoms with Gasteiger partial charge in [-0.1, -0.05) is 0 Å². The molecule has 0 saturated carbocycles. The van der Waals surface area contributed by atoms with E-state index in [0.29, 0.717) is 11.6 Å². The Labute approximate surface area is 135 Å². The van der Waals surface area contributed by atoms with Crippen LogP contribution in [0.1, 0.15) is 59.4 Å². The minimum atomic E-state index is 0.0562. The number of aromatic nitrogens is 4. The zero-order valence-corrected chi connectivity index (χ0v) is 13.6. The van der Waals surface area contributed by atoms with Crippen LogP contribution < -0.4 is 0 Å². The summed E-state index contributed by atoms with van der Waals surface area (Å²) in [7, 11) is 0. The molecule has 2 aromatic heterocycles. The van der Waals surface area contributed by atoms with Gasteiger partial charge in [0.2, 0.25) is 0 Å². The molecule has 1 fully saturated rings. The highest BCUT2D eigenvalue weighted by Crippen LogP contribution is 2.29. The summed E-state index contributed by atoms with van der Waals surface area (Å²) in [4.78, 5) is 26.5. The fraction of sp³-hybridized carbons (Fsp3) is 0.588. The molecule has 1 unspecified atom stereocenters. The van der Waals surface area contributed by atoms with E-state index >= 15 is 0 Å². The van der Waals surface area contributed by atoms with Gasteiger partial charge in [-0.2, -0.15) is 0 Å². The minimum absolute atomic E-state index is 0.0562. The molecule has 0 bridgehead atoms. The number of carbonyl (C=O) groups is 1. The minimum Gasteiger partial charge on any atom is -0.338 e. The summed E-state index contributed by atoms with van der Waals surface area (Å²) in [6, 6.07) is 0. The predicted molar refractivity (Wildman–Crippen MR) is 86.4 cm³/mol. The summed E-state index contributed by atoms with van der Waals surface area (Å²) in [5.41, 5.74) is 1.95. The highest BCUT2D eigenvalue weighted by molar-refractivity contribution is 5.92. The number of imidazole rings is 2. The number of piperidine rings is 1. The standard InChI is InChI=1S/C17H23N5O/c1-12-18-10-15(20-12)17(23)21-7-4-5-13(11-21)16-19-9-14-6-2-3-8-22(14)16/h9-10,13H,2-8,11H2,1H3,(H,18,20). The van der Waals surface area contributed by atoms with E-state index in [9.17, 15) is 4.79 Å². The summed E-state index contributed by atoms with van der Waals surface area (Å²) in [6.07, 6.45) is 9.45. The zero-order valence-electron chi connectivity index (χ0n) is 13.6. The fourth-order valence-electron chi connectivity index (χ4n) is 3.86. The van der Waals surface area contributed by atoms with Gasteiger partial charge < -0.3 is 14.5 Å². The Morgan fingerprint density at radius 3 is 2.96 bits per heavy atom. The summed E-state index contributed by atoms with van der Waals surface area (Å²) in [6.45, 7) is 4.52. The molecule has 4 rings (SSSR count). The van der Waals surface area contributed by atoms with Crippen LogP contribution in [0.15, 0.2) is 12.4 Å². The highest BCUT2D eigenvalue weighted by atomic mass is 16.2. The van der Waals surface area contributed by atoms with Gasteiger partial charge in [-0.15, -0.1) is 0 Å². The first kappa shape index (κ1) is 14.5. The van der Waals surface area contributed by atoms with Crippen molar-refractivity contribution in [3.05, 3.63) is 35.4 Å². The molecule has 2 aliphatic rings. The summed E-state index contributed by atoms with van der Waals surface area (Å²) in [5, 5.41) is 0. The van der Waals surface area contributed by atoms with Crippen LogP contribution in [0.2, 0.25) is 0 Å². The van der Waals surface area contributed by atoms with Gasteiger partial charge in [0.05, 0.1) is 6.20 Å². The van der Waals surface area contributed by atoms with Crippen molar-refractivity contribution in [3.8, 4) is 0 Å². The van der Waals surface area contributed by atoms with E-state index in [1.165, 1.54) is 24.4 Å². The van der Waals surface area contributed by atoms with Crippen LogP contribution in [-0.2, 0) is 13.0 Å². The molecule has 0 aliphatic carbocycles. The van der Waals surface area contributed by atoms with Gasteiger partial charge in [-0.05, 0) is 39.0 Å². The molecule has 2 aliphatic heterocycles. The number of H-pyrrole nitrogens is 1. The number of likely N-dealkylation sites (tertiary alicyclic amines) is 1. The van der Waals surface area contributed by atoms with Crippen LogP contribution in [0, 0.1) is 6.92 Å². The molecule has 6 heteroatoms. The third-order valence-electron chi connectivity index (χ3n) is 5.04. The van der Waals surface area contributed by atoms with Crippen LogP contribution in [0.25, 0.3) is 0 Å². The van der Waals surface area contributed by atoms with Gasteiger partial charge in [-0.25, -0.2) is 9.97 Å². The van der Waals surface area contributed by atoms with Crippen LogP contribution in [0.3, 0.4) is 0 Å². The van der Waals surface area contributed by atoms with Crippen molar-refractivity contribution in [2.45, 2.75) is 51.5 Å². The molecular weight excluding hydrogens is 290 g/mol. The lowest BCUT2D eigenvalue weighted by atomic mass is 9.96. The van der Waals surface area contributed by atoms with Crippen molar-refractivity contribution in [1.82, 2.24) is 24.4 Å². The Hall–Kier alpha value is -2.11. The molecule has 1 atom stereocenters. The van der Waals surface area contributed by atoms with Crippen molar-refractivity contribution < 1.29 is 4.79 Å². The number of nitrogens with one attached hydrogen (secondary N) is 1.